The monoisotopic (exact) mass is 236 g/mol. The summed E-state index contributed by atoms with van der Waals surface area (Å²) in [6.07, 6.45) is 0. The Balaban J connectivity index is 2.26. The molecule has 90 valence electrons. The van der Waals surface area contributed by atoms with Crippen LogP contribution in [0.3, 0.4) is 0 Å². The van der Waals surface area contributed by atoms with E-state index in [4.69, 9.17) is 10.8 Å². The summed E-state index contributed by atoms with van der Waals surface area (Å²) >= 11 is 0. The highest BCUT2D eigenvalue weighted by Crippen LogP contribution is 2.10. The second kappa shape index (κ2) is 4.96. The maximum atomic E-state index is 8.07. The number of benzene rings is 2. The van der Waals surface area contributed by atoms with Crippen molar-refractivity contribution in [3.63, 3.8) is 0 Å². The first kappa shape index (κ1) is 12.2. The van der Waals surface area contributed by atoms with Crippen LogP contribution < -0.4 is 0 Å². The van der Waals surface area contributed by atoms with Gasteiger partial charge in [-0.2, -0.15) is 0 Å². The van der Waals surface area contributed by atoms with Crippen molar-refractivity contribution in [2.24, 2.45) is 0 Å². The van der Waals surface area contributed by atoms with Gasteiger partial charge in [0.1, 0.15) is 0 Å². The fraction of sp³-hybridized carbons (Fsp3) is 0.125. The van der Waals surface area contributed by atoms with E-state index < -0.39 is 0 Å². The van der Waals surface area contributed by atoms with Gasteiger partial charge < -0.3 is 0 Å². The van der Waals surface area contributed by atoms with E-state index >= 15 is 0 Å². The molecule has 2 heteroatoms. The molecule has 0 aliphatic rings. The molecular formula is C16H16N2. The minimum absolute atomic E-state index is 0.263. The van der Waals surface area contributed by atoms with Crippen LogP contribution in [0.5, 0.6) is 0 Å². The Morgan fingerprint density at radius 1 is 0.611 bits per heavy atom. The first-order valence-corrected chi connectivity index (χ1v) is 5.89. The van der Waals surface area contributed by atoms with E-state index in [1.165, 1.54) is 0 Å². The molecule has 2 N–H and O–H groups in total. The van der Waals surface area contributed by atoms with Crippen LogP contribution in [-0.4, -0.2) is 11.4 Å². The predicted octanol–water partition coefficient (Wildman–Crippen LogP) is 3.74. The first-order chi connectivity index (χ1) is 8.58. The molecule has 0 amide bonds. The Bertz CT molecular complexity index is 522. The van der Waals surface area contributed by atoms with E-state index in [9.17, 15) is 0 Å². The van der Waals surface area contributed by atoms with E-state index in [1.807, 2.05) is 62.4 Å². The standard InChI is InChI=1S/C16H16N2/c1-11-3-7-13(8-4-11)15(17)16(18)14-9-5-12(2)6-10-14/h3-10,17-18H,1-2H3. The summed E-state index contributed by atoms with van der Waals surface area (Å²) < 4.78 is 0. The molecule has 0 fully saturated rings. The van der Waals surface area contributed by atoms with Crippen molar-refractivity contribution in [1.29, 1.82) is 10.8 Å². The second-order valence-electron chi connectivity index (χ2n) is 4.48. The Kier molecular flexibility index (Phi) is 3.38. The maximum absolute atomic E-state index is 8.07. The molecule has 0 saturated carbocycles. The zero-order chi connectivity index (χ0) is 13.1. The highest BCUT2D eigenvalue weighted by molar-refractivity contribution is 6.51. The molecule has 2 aromatic carbocycles. The van der Waals surface area contributed by atoms with E-state index in [2.05, 4.69) is 0 Å². The van der Waals surface area contributed by atoms with Crippen LogP contribution in [0, 0.1) is 24.7 Å². The third-order valence-corrected chi connectivity index (χ3v) is 2.93. The van der Waals surface area contributed by atoms with Gasteiger partial charge in [-0.3, -0.25) is 10.8 Å². The zero-order valence-corrected chi connectivity index (χ0v) is 10.6. The largest absolute Gasteiger partial charge is 0.298 e. The Morgan fingerprint density at radius 2 is 0.889 bits per heavy atom. The number of hydrogen-bond acceptors (Lipinski definition) is 2. The molecule has 0 saturated heterocycles. The summed E-state index contributed by atoms with van der Waals surface area (Å²) in [7, 11) is 0. The van der Waals surface area contributed by atoms with E-state index in [-0.39, 0.29) is 11.4 Å². The van der Waals surface area contributed by atoms with Crippen LogP contribution in [0.4, 0.5) is 0 Å². The summed E-state index contributed by atoms with van der Waals surface area (Å²) in [4.78, 5) is 0. The van der Waals surface area contributed by atoms with Crippen molar-refractivity contribution in [2.75, 3.05) is 0 Å². The number of aryl methyl sites for hydroxylation is 2. The molecule has 2 aromatic rings. The van der Waals surface area contributed by atoms with Gasteiger partial charge in [0.2, 0.25) is 0 Å². The molecule has 0 aromatic heterocycles. The molecular weight excluding hydrogens is 220 g/mol. The molecule has 0 bridgehead atoms. The summed E-state index contributed by atoms with van der Waals surface area (Å²) in [6, 6.07) is 15.4. The minimum atomic E-state index is 0.263. The van der Waals surface area contributed by atoms with Gasteiger partial charge in [-0.15, -0.1) is 0 Å². The molecule has 0 radical (unpaired) electrons. The number of hydrogen-bond donors (Lipinski definition) is 2. The first-order valence-electron chi connectivity index (χ1n) is 5.89. The van der Waals surface area contributed by atoms with Crippen molar-refractivity contribution in [3.05, 3.63) is 70.8 Å². The Labute approximate surface area is 107 Å². The Hall–Kier alpha value is -2.22. The smallest absolute Gasteiger partial charge is 0.0867 e. The number of rotatable bonds is 3. The molecule has 2 nitrogen and oxygen atoms in total. The van der Waals surface area contributed by atoms with Gasteiger partial charge >= 0.3 is 0 Å². The van der Waals surface area contributed by atoms with Crippen molar-refractivity contribution in [2.45, 2.75) is 13.8 Å². The lowest BCUT2D eigenvalue weighted by Gasteiger charge is -2.07. The summed E-state index contributed by atoms with van der Waals surface area (Å²) in [5.74, 6) is 0. The molecule has 0 unspecified atom stereocenters. The van der Waals surface area contributed by atoms with Gasteiger partial charge in [-0.05, 0) is 13.8 Å². The molecule has 0 heterocycles. The maximum Gasteiger partial charge on any atom is 0.0867 e. The van der Waals surface area contributed by atoms with Crippen LogP contribution >= 0.6 is 0 Å². The van der Waals surface area contributed by atoms with E-state index in [0.29, 0.717) is 0 Å². The number of nitrogens with one attached hydrogen (secondary N) is 2. The molecule has 18 heavy (non-hydrogen) atoms. The third-order valence-electron chi connectivity index (χ3n) is 2.93. The highest BCUT2D eigenvalue weighted by Gasteiger charge is 2.09. The van der Waals surface area contributed by atoms with Crippen LogP contribution in [0.25, 0.3) is 0 Å². The van der Waals surface area contributed by atoms with Crippen LogP contribution in [0.15, 0.2) is 48.5 Å². The minimum Gasteiger partial charge on any atom is -0.298 e. The van der Waals surface area contributed by atoms with Gasteiger partial charge in [0, 0.05) is 11.1 Å². The van der Waals surface area contributed by atoms with Crippen molar-refractivity contribution >= 4 is 11.4 Å². The highest BCUT2D eigenvalue weighted by atomic mass is 14.5. The van der Waals surface area contributed by atoms with Gasteiger partial charge in [0.15, 0.2) is 0 Å². The van der Waals surface area contributed by atoms with Gasteiger partial charge in [-0.25, -0.2) is 0 Å². The molecule has 0 aliphatic heterocycles. The van der Waals surface area contributed by atoms with Crippen molar-refractivity contribution in [1.82, 2.24) is 0 Å². The quantitative estimate of drug-likeness (QED) is 0.763. The summed E-state index contributed by atoms with van der Waals surface area (Å²) in [5.41, 5.74) is 4.41. The fourth-order valence-electron chi connectivity index (χ4n) is 1.73. The lowest BCUT2D eigenvalue weighted by molar-refractivity contribution is 1.41. The molecule has 0 spiro atoms. The van der Waals surface area contributed by atoms with E-state index in [0.717, 1.165) is 22.3 Å². The average Bonchev–Trinajstić information content (AvgIpc) is 2.39. The molecule has 2 rings (SSSR count). The van der Waals surface area contributed by atoms with Crippen molar-refractivity contribution in [3.8, 4) is 0 Å². The third kappa shape index (κ3) is 2.54. The van der Waals surface area contributed by atoms with E-state index in [1.54, 1.807) is 0 Å². The molecule has 0 aliphatic carbocycles. The normalized spacial score (nSPS) is 10.1. The predicted molar refractivity (Wildman–Crippen MR) is 76.0 cm³/mol. The van der Waals surface area contributed by atoms with Crippen LogP contribution in [0.1, 0.15) is 22.3 Å². The zero-order valence-electron chi connectivity index (χ0n) is 10.6. The van der Waals surface area contributed by atoms with Crippen molar-refractivity contribution < 1.29 is 0 Å². The average molecular weight is 236 g/mol. The second-order valence-corrected chi connectivity index (χ2v) is 4.48. The Morgan fingerprint density at radius 3 is 1.17 bits per heavy atom. The summed E-state index contributed by atoms with van der Waals surface area (Å²) in [5, 5.41) is 16.1. The van der Waals surface area contributed by atoms with Gasteiger partial charge in [-0.1, -0.05) is 59.7 Å². The van der Waals surface area contributed by atoms with Crippen LogP contribution in [-0.2, 0) is 0 Å². The molecule has 0 atom stereocenters. The fourth-order valence-corrected chi connectivity index (χ4v) is 1.73. The van der Waals surface area contributed by atoms with Gasteiger partial charge in [0.25, 0.3) is 0 Å². The summed E-state index contributed by atoms with van der Waals surface area (Å²) in [6.45, 7) is 4.03. The SMILES string of the molecule is Cc1ccc(C(=N)C(=N)c2ccc(C)cc2)cc1. The topological polar surface area (TPSA) is 47.7 Å². The van der Waals surface area contributed by atoms with Gasteiger partial charge in [0.05, 0.1) is 11.4 Å². The van der Waals surface area contributed by atoms with Crippen LogP contribution in [0.2, 0.25) is 0 Å². The lowest BCUT2D eigenvalue weighted by atomic mass is 9.99. The lowest BCUT2D eigenvalue weighted by Crippen LogP contribution is -2.14.